The van der Waals surface area contributed by atoms with Gasteiger partial charge < -0.3 is 15.4 Å². The second-order valence-corrected chi connectivity index (χ2v) is 11.2. The third-order valence-electron chi connectivity index (χ3n) is 6.24. The fraction of sp³-hybridized carbons (Fsp3) is 0.375. The summed E-state index contributed by atoms with van der Waals surface area (Å²) in [4.78, 5) is 43.2. The fourth-order valence-electron chi connectivity index (χ4n) is 4.18. The molecule has 0 radical (unpaired) electrons. The van der Waals surface area contributed by atoms with Crippen LogP contribution in [0.5, 0.6) is 0 Å². The van der Waals surface area contributed by atoms with E-state index >= 15 is 0 Å². The molecule has 40 heavy (non-hydrogen) atoms. The summed E-state index contributed by atoms with van der Waals surface area (Å²) in [5, 5.41) is 5.63. The molecule has 0 aliphatic rings. The summed E-state index contributed by atoms with van der Waals surface area (Å²) >= 11 is 1.59. The number of aryl methyl sites for hydroxylation is 1. The maximum Gasteiger partial charge on any atom is 0.408 e. The number of Topliss-reactive ketones (excluding diaryl/α,β-unsaturated/α-hetero) is 1. The Morgan fingerprint density at radius 2 is 1.52 bits per heavy atom. The van der Waals surface area contributed by atoms with E-state index in [1.807, 2.05) is 62.4 Å². The van der Waals surface area contributed by atoms with Crippen LogP contribution in [0.4, 0.5) is 4.79 Å². The van der Waals surface area contributed by atoms with E-state index in [-0.39, 0.29) is 18.3 Å². The van der Waals surface area contributed by atoms with Gasteiger partial charge in [0.05, 0.1) is 11.8 Å². The largest absolute Gasteiger partial charge is 0.445 e. The van der Waals surface area contributed by atoms with Crippen LogP contribution < -0.4 is 10.6 Å². The Kier molecular flexibility index (Phi) is 13.2. The van der Waals surface area contributed by atoms with Crippen LogP contribution in [0, 0.1) is 5.92 Å². The number of benzene rings is 2. The minimum atomic E-state index is -0.828. The number of thioether (sulfide) groups is 1. The normalized spacial score (nSPS) is 12.4. The number of ketones is 1. The molecule has 0 aliphatic heterocycles. The number of amides is 2. The Hall–Kier alpha value is -3.65. The van der Waals surface area contributed by atoms with Crippen molar-refractivity contribution in [3.8, 4) is 0 Å². The number of aromatic nitrogens is 1. The highest BCUT2D eigenvalue weighted by Gasteiger charge is 2.28. The van der Waals surface area contributed by atoms with Crippen LogP contribution in [-0.4, -0.2) is 46.4 Å². The number of carbonyl (C=O) groups excluding carboxylic acids is 3. The van der Waals surface area contributed by atoms with Crippen LogP contribution in [0.3, 0.4) is 0 Å². The van der Waals surface area contributed by atoms with Gasteiger partial charge in [-0.2, -0.15) is 11.8 Å². The van der Waals surface area contributed by atoms with E-state index in [0.717, 1.165) is 29.7 Å². The lowest BCUT2D eigenvalue weighted by atomic mass is 10.00. The minimum Gasteiger partial charge on any atom is -0.445 e. The van der Waals surface area contributed by atoms with Crippen molar-refractivity contribution in [2.45, 2.75) is 58.2 Å². The van der Waals surface area contributed by atoms with Crippen LogP contribution in [-0.2, 0) is 33.8 Å². The molecule has 3 aromatic rings. The highest BCUT2D eigenvalue weighted by Crippen LogP contribution is 2.13. The lowest BCUT2D eigenvalue weighted by Crippen LogP contribution is -2.53. The van der Waals surface area contributed by atoms with Crippen molar-refractivity contribution in [1.82, 2.24) is 15.6 Å². The summed E-state index contributed by atoms with van der Waals surface area (Å²) in [6.07, 6.45) is 5.30. The molecular formula is C32H39N3O4S. The summed E-state index contributed by atoms with van der Waals surface area (Å²) < 4.78 is 5.31. The third kappa shape index (κ3) is 11.6. The van der Waals surface area contributed by atoms with Crippen molar-refractivity contribution in [1.29, 1.82) is 0 Å². The van der Waals surface area contributed by atoms with Crippen molar-refractivity contribution >= 4 is 29.5 Å². The van der Waals surface area contributed by atoms with E-state index in [4.69, 9.17) is 4.74 Å². The van der Waals surface area contributed by atoms with Gasteiger partial charge >= 0.3 is 6.09 Å². The van der Waals surface area contributed by atoms with Gasteiger partial charge in [-0.1, -0.05) is 80.6 Å². The van der Waals surface area contributed by atoms with E-state index in [1.54, 1.807) is 36.3 Å². The Balaban J connectivity index is 1.58. The smallest absolute Gasteiger partial charge is 0.408 e. The van der Waals surface area contributed by atoms with Gasteiger partial charge in [0.25, 0.3) is 0 Å². The molecule has 2 amide bonds. The molecule has 1 heterocycles. The van der Waals surface area contributed by atoms with E-state index < -0.39 is 24.1 Å². The second-order valence-electron chi connectivity index (χ2n) is 10.1. The van der Waals surface area contributed by atoms with Crippen LogP contribution >= 0.6 is 11.8 Å². The zero-order valence-corrected chi connectivity index (χ0v) is 24.1. The molecule has 0 bridgehead atoms. The van der Waals surface area contributed by atoms with Gasteiger partial charge in [0.15, 0.2) is 5.78 Å². The van der Waals surface area contributed by atoms with Gasteiger partial charge in [-0.3, -0.25) is 14.6 Å². The highest BCUT2D eigenvalue weighted by atomic mass is 32.2. The molecule has 3 rings (SSSR count). The predicted molar refractivity (Wildman–Crippen MR) is 160 cm³/mol. The van der Waals surface area contributed by atoms with Crippen molar-refractivity contribution in [2.24, 2.45) is 5.92 Å². The lowest BCUT2D eigenvalue weighted by Gasteiger charge is -2.24. The van der Waals surface area contributed by atoms with E-state index in [1.165, 1.54) is 5.56 Å². The van der Waals surface area contributed by atoms with Gasteiger partial charge in [0.2, 0.25) is 5.91 Å². The summed E-state index contributed by atoms with van der Waals surface area (Å²) in [6.45, 7) is 4.00. The highest BCUT2D eigenvalue weighted by molar-refractivity contribution is 7.99. The molecule has 0 spiro atoms. The lowest BCUT2D eigenvalue weighted by molar-refractivity contribution is -0.128. The molecule has 2 atom stereocenters. The number of ether oxygens (including phenoxy) is 1. The molecule has 2 aromatic carbocycles. The van der Waals surface area contributed by atoms with E-state index in [0.29, 0.717) is 18.6 Å². The van der Waals surface area contributed by atoms with E-state index in [9.17, 15) is 14.4 Å². The van der Waals surface area contributed by atoms with Crippen LogP contribution in [0.2, 0.25) is 0 Å². The monoisotopic (exact) mass is 561 g/mol. The summed E-state index contributed by atoms with van der Waals surface area (Å²) in [5.41, 5.74) is 2.99. The SMILES string of the molecule is CC(C)C[C@H](NC(=O)OCc1cccnc1)C(=O)N[C@@H](Cc1ccccc1)C(=O)CSCCCc1ccccc1. The molecule has 1 aromatic heterocycles. The average Bonchev–Trinajstić information content (AvgIpc) is 2.96. The topological polar surface area (TPSA) is 97.4 Å². The van der Waals surface area contributed by atoms with Crippen molar-refractivity contribution < 1.29 is 19.1 Å². The molecule has 0 aliphatic carbocycles. The number of nitrogens with zero attached hydrogens (tertiary/aromatic N) is 1. The Morgan fingerprint density at radius 3 is 2.17 bits per heavy atom. The van der Waals surface area contributed by atoms with Crippen molar-refractivity contribution in [3.05, 3.63) is 102 Å². The first-order valence-corrected chi connectivity index (χ1v) is 14.9. The van der Waals surface area contributed by atoms with Gasteiger partial charge in [0, 0.05) is 18.0 Å². The molecule has 7 nitrogen and oxygen atoms in total. The quantitative estimate of drug-likeness (QED) is 0.228. The number of pyridine rings is 1. The van der Waals surface area contributed by atoms with E-state index in [2.05, 4.69) is 27.8 Å². The maximum atomic E-state index is 13.4. The van der Waals surface area contributed by atoms with Gasteiger partial charge in [-0.25, -0.2) is 4.79 Å². The maximum absolute atomic E-state index is 13.4. The average molecular weight is 562 g/mol. The first-order chi connectivity index (χ1) is 19.4. The van der Waals surface area contributed by atoms with Gasteiger partial charge in [0.1, 0.15) is 12.6 Å². The number of alkyl carbamates (subject to hydrolysis) is 1. The predicted octanol–water partition coefficient (Wildman–Crippen LogP) is 5.39. The zero-order chi connectivity index (χ0) is 28.6. The number of carbonyl (C=O) groups is 3. The standard InChI is InChI=1S/C32H39N3O4S/c1-24(2)19-29(35-32(38)39-22-27-15-9-17-33-21-27)31(37)34-28(20-26-13-7-4-8-14-26)30(36)23-40-18-10-16-25-11-5-3-6-12-25/h3-9,11-15,17,21,24,28-29H,10,16,18-20,22-23H2,1-2H3,(H,34,37)(H,35,38)/t28-,29-/m0/s1. The first-order valence-electron chi connectivity index (χ1n) is 13.7. The first kappa shape index (κ1) is 30.9. The molecule has 0 unspecified atom stereocenters. The fourth-order valence-corrected chi connectivity index (χ4v) is 5.08. The molecule has 212 valence electrons. The molecule has 0 saturated heterocycles. The number of nitrogens with one attached hydrogen (secondary N) is 2. The minimum absolute atomic E-state index is 0.0376. The molecule has 0 saturated carbocycles. The molecule has 8 heteroatoms. The molecule has 0 fully saturated rings. The van der Waals surface area contributed by atoms with Crippen LogP contribution in [0.15, 0.2) is 85.2 Å². The van der Waals surface area contributed by atoms with Crippen molar-refractivity contribution in [2.75, 3.05) is 11.5 Å². The van der Waals surface area contributed by atoms with Gasteiger partial charge in [-0.15, -0.1) is 0 Å². The summed E-state index contributed by atoms with van der Waals surface area (Å²) in [6, 6.07) is 22.0. The summed E-state index contributed by atoms with van der Waals surface area (Å²) in [7, 11) is 0. The second kappa shape index (κ2) is 17.1. The number of hydrogen-bond acceptors (Lipinski definition) is 6. The third-order valence-corrected chi connectivity index (χ3v) is 7.30. The number of hydrogen-bond donors (Lipinski definition) is 2. The Labute approximate surface area is 241 Å². The zero-order valence-electron chi connectivity index (χ0n) is 23.3. The Bertz CT molecular complexity index is 1180. The van der Waals surface area contributed by atoms with Gasteiger partial charge in [-0.05, 0) is 54.5 Å². The molecule has 2 N–H and O–H groups in total. The summed E-state index contributed by atoms with van der Waals surface area (Å²) in [5.74, 6) is 0.868. The van der Waals surface area contributed by atoms with Crippen LogP contribution in [0.25, 0.3) is 0 Å². The molecular weight excluding hydrogens is 522 g/mol. The number of rotatable bonds is 16. The van der Waals surface area contributed by atoms with Crippen molar-refractivity contribution in [3.63, 3.8) is 0 Å². The Morgan fingerprint density at radius 1 is 0.850 bits per heavy atom. The van der Waals surface area contributed by atoms with Crippen LogP contribution in [0.1, 0.15) is 43.4 Å².